The molecular formula is C23H20F2N2O2. The van der Waals surface area contributed by atoms with Crippen molar-refractivity contribution in [1.82, 2.24) is 4.57 Å². The Hall–Kier alpha value is -3.28. The van der Waals surface area contributed by atoms with Gasteiger partial charge in [-0.05, 0) is 55.7 Å². The van der Waals surface area contributed by atoms with Crippen LogP contribution in [0.15, 0.2) is 65.6 Å². The van der Waals surface area contributed by atoms with Gasteiger partial charge in [-0.25, -0.2) is 8.78 Å². The number of rotatable bonds is 3. The fourth-order valence-electron chi connectivity index (χ4n) is 3.76. The van der Waals surface area contributed by atoms with Crippen molar-refractivity contribution in [3.63, 3.8) is 0 Å². The Morgan fingerprint density at radius 2 is 1.90 bits per heavy atom. The molecule has 0 N–H and O–H groups in total. The van der Waals surface area contributed by atoms with E-state index in [-0.39, 0.29) is 29.9 Å². The number of nitrogens with zero attached hydrogens (tertiary/aromatic N) is 2. The molecule has 4 nitrogen and oxygen atoms in total. The second kappa shape index (κ2) is 7.62. The number of halogens is 2. The van der Waals surface area contributed by atoms with Crippen molar-refractivity contribution in [3.05, 3.63) is 99.5 Å². The molecule has 1 atom stereocenters. The standard InChI is InChI=1S/C23H20F2N2O2/c1-15-6-7-16-12-19(24)9-10-21(16)27(15)23(29)18-8-11-22(28)26(14-18)13-17-4-2-3-5-20(17)25/h2-5,8-12,14-15H,6-7,13H2,1H3/t15-/m0/s1. The monoisotopic (exact) mass is 394 g/mol. The summed E-state index contributed by atoms with van der Waals surface area (Å²) in [6.45, 7) is 1.98. The first kappa shape index (κ1) is 19.1. The van der Waals surface area contributed by atoms with E-state index in [4.69, 9.17) is 0 Å². The highest BCUT2D eigenvalue weighted by atomic mass is 19.1. The second-order valence-electron chi connectivity index (χ2n) is 7.31. The van der Waals surface area contributed by atoms with Crippen LogP contribution in [-0.2, 0) is 13.0 Å². The van der Waals surface area contributed by atoms with Gasteiger partial charge in [-0.3, -0.25) is 9.59 Å². The summed E-state index contributed by atoms with van der Waals surface area (Å²) in [6, 6.07) is 13.4. The van der Waals surface area contributed by atoms with Crippen LogP contribution in [0.5, 0.6) is 0 Å². The zero-order chi connectivity index (χ0) is 20.5. The zero-order valence-corrected chi connectivity index (χ0v) is 15.9. The van der Waals surface area contributed by atoms with E-state index in [0.717, 1.165) is 12.0 Å². The predicted molar refractivity (Wildman–Crippen MR) is 107 cm³/mol. The van der Waals surface area contributed by atoms with Crippen LogP contribution in [0, 0.1) is 11.6 Å². The molecule has 0 fully saturated rings. The lowest BCUT2D eigenvalue weighted by Gasteiger charge is -2.35. The van der Waals surface area contributed by atoms with Crippen molar-refractivity contribution in [2.75, 3.05) is 4.90 Å². The fraction of sp³-hybridized carbons (Fsp3) is 0.217. The molecule has 0 spiro atoms. The third-order valence-corrected chi connectivity index (χ3v) is 5.32. The minimum atomic E-state index is -0.406. The maximum absolute atomic E-state index is 14.0. The molecule has 1 amide bonds. The van der Waals surface area contributed by atoms with Crippen LogP contribution in [0.25, 0.3) is 0 Å². The number of amides is 1. The number of hydrogen-bond donors (Lipinski definition) is 0. The summed E-state index contributed by atoms with van der Waals surface area (Å²) in [4.78, 5) is 27.2. The Morgan fingerprint density at radius 3 is 2.69 bits per heavy atom. The molecule has 148 valence electrons. The van der Waals surface area contributed by atoms with Crippen LogP contribution in [0.1, 0.15) is 34.8 Å². The largest absolute Gasteiger partial charge is 0.310 e. The highest BCUT2D eigenvalue weighted by molar-refractivity contribution is 6.07. The molecule has 29 heavy (non-hydrogen) atoms. The third kappa shape index (κ3) is 3.70. The first-order valence-electron chi connectivity index (χ1n) is 9.50. The molecule has 2 aromatic carbocycles. The van der Waals surface area contributed by atoms with Crippen molar-refractivity contribution in [3.8, 4) is 0 Å². The Balaban J connectivity index is 1.70. The Kier molecular flexibility index (Phi) is 5.01. The second-order valence-corrected chi connectivity index (χ2v) is 7.31. The molecular weight excluding hydrogens is 374 g/mol. The first-order chi connectivity index (χ1) is 13.9. The van der Waals surface area contributed by atoms with Gasteiger partial charge >= 0.3 is 0 Å². The Labute approximate surface area is 167 Å². The quantitative estimate of drug-likeness (QED) is 0.670. The van der Waals surface area contributed by atoms with Crippen LogP contribution in [0.3, 0.4) is 0 Å². The van der Waals surface area contributed by atoms with E-state index in [0.29, 0.717) is 23.2 Å². The number of anilines is 1. The van der Waals surface area contributed by atoms with E-state index in [1.165, 1.54) is 41.1 Å². The van der Waals surface area contributed by atoms with Crippen LogP contribution >= 0.6 is 0 Å². The average Bonchev–Trinajstić information content (AvgIpc) is 2.71. The number of hydrogen-bond acceptors (Lipinski definition) is 2. The topological polar surface area (TPSA) is 42.3 Å². The molecule has 2 heterocycles. The highest BCUT2D eigenvalue weighted by Crippen LogP contribution is 2.32. The van der Waals surface area contributed by atoms with Gasteiger partial charge in [0.05, 0.1) is 12.1 Å². The van der Waals surface area contributed by atoms with E-state index in [1.807, 2.05) is 6.92 Å². The molecule has 3 aromatic rings. The molecule has 0 saturated heterocycles. The van der Waals surface area contributed by atoms with E-state index in [9.17, 15) is 18.4 Å². The van der Waals surface area contributed by atoms with Crippen LogP contribution < -0.4 is 10.5 Å². The van der Waals surface area contributed by atoms with Crippen molar-refractivity contribution in [2.45, 2.75) is 32.4 Å². The summed E-state index contributed by atoms with van der Waals surface area (Å²) >= 11 is 0. The Bertz CT molecular complexity index is 1140. The van der Waals surface area contributed by atoms with Crippen molar-refractivity contribution >= 4 is 11.6 Å². The third-order valence-electron chi connectivity index (χ3n) is 5.32. The fourth-order valence-corrected chi connectivity index (χ4v) is 3.76. The molecule has 0 radical (unpaired) electrons. The number of carbonyl (C=O) groups excluding carboxylic acids is 1. The molecule has 0 aliphatic carbocycles. The van der Waals surface area contributed by atoms with E-state index < -0.39 is 5.82 Å². The SMILES string of the molecule is C[C@H]1CCc2cc(F)ccc2N1C(=O)c1ccc(=O)n(Cc2ccccc2F)c1. The zero-order valence-electron chi connectivity index (χ0n) is 15.9. The van der Waals surface area contributed by atoms with E-state index in [1.54, 1.807) is 29.2 Å². The lowest BCUT2D eigenvalue weighted by atomic mass is 9.95. The molecule has 1 aromatic heterocycles. The van der Waals surface area contributed by atoms with E-state index in [2.05, 4.69) is 0 Å². The molecule has 1 aliphatic heterocycles. The number of aromatic nitrogens is 1. The van der Waals surface area contributed by atoms with Gasteiger partial charge in [0.2, 0.25) is 0 Å². The average molecular weight is 394 g/mol. The van der Waals surface area contributed by atoms with Gasteiger partial charge in [0.15, 0.2) is 0 Å². The first-order valence-corrected chi connectivity index (χ1v) is 9.50. The van der Waals surface area contributed by atoms with Gasteiger partial charge in [0.1, 0.15) is 11.6 Å². The number of benzene rings is 2. The van der Waals surface area contributed by atoms with Gasteiger partial charge in [-0.15, -0.1) is 0 Å². The number of fused-ring (bicyclic) bond motifs is 1. The Morgan fingerprint density at radius 1 is 1.10 bits per heavy atom. The molecule has 1 aliphatic rings. The number of aryl methyl sites for hydroxylation is 1. The highest BCUT2D eigenvalue weighted by Gasteiger charge is 2.29. The number of pyridine rings is 1. The maximum atomic E-state index is 14.0. The molecule has 0 bridgehead atoms. The predicted octanol–water partition coefficient (Wildman–Crippen LogP) is 4.16. The van der Waals surface area contributed by atoms with Gasteiger partial charge in [-0.1, -0.05) is 18.2 Å². The summed E-state index contributed by atoms with van der Waals surface area (Å²) in [5.74, 6) is -1.01. The van der Waals surface area contributed by atoms with Crippen LogP contribution in [-0.4, -0.2) is 16.5 Å². The summed E-state index contributed by atoms with van der Waals surface area (Å²) < 4.78 is 28.9. The van der Waals surface area contributed by atoms with Gasteiger partial charge in [0, 0.05) is 29.6 Å². The van der Waals surface area contributed by atoms with E-state index >= 15 is 0 Å². The number of carbonyl (C=O) groups is 1. The maximum Gasteiger partial charge on any atom is 0.260 e. The van der Waals surface area contributed by atoms with Crippen LogP contribution in [0.2, 0.25) is 0 Å². The van der Waals surface area contributed by atoms with Gasteiger partial charge < -0.3 is 9.47 Å². The molecule has 0 saturated carbocycles. The molecule has 6 heteroatoms. The summed E-state index contributed by atoms with van der Waals surface area (Å²) in [7, 11) is 0. The lowest BCUT2D eigenvalue weighted by molar-refractivity contribution is 0.0974. The van der Waals surface area contributed by atoms with Crippen molar-refractivity contribution in [2.24, 2.45) is 0 Å². The normalized spacial score (nSPS) is 15.8. The minimum absolute atomic E-state index is 0.0317. The summed E-state index contributed by atoms with van der Waals surface area (Å²) in [5.41, 5.74) is 1.84. The van der Waals surface area contributed by atoms with Gasteiger partial charge in [-0.2, -0.15) is 0 Å². The molecule has 4 rings (SSSR count). The minimum Gasteiger partial charge on any atom is -0.310 e. The lowest BCUT2D eigenvalue weighted by Crippen LogP contribution is -2.42. The summed E-state index contributed by atoms with van der Waals surface area (Å²) in [6.07, 6.45) is 2.88. The smallest absolute Gasteiger partial charge is 0.260 e. The summed E-state index contributed by atoms with van der Waals surface area (Å²) in [5, 5.41) is 0. The van der Waals surface area contributed by atoms with Crippen molar-refractivity contribution in [1.29, 1.82) is 0 Å². The van der Waals surface area contributed by atoms with Gasteiger partial charge in [0.25, 0.3) is 11.5 Å². The van der Waals surface area contributed by atoms with Crippen LogP contribution in [0.4, 0.5) is 14.5 Å². The van der Waals surface area contributed by atoms with Crippen molar-refractivity contribution < 1.29 is 13.6 Å². The molecule has 0 unspecified atom stereocenters.